The van der Waals surface area contributed by atoms with Crippen LogP contribution in [-0.4, -0.2) is 31.6 Å². The molecule has 0 atom stereocenters. The van der Waals surface area contributed by atoms with Crippen molar-refractivity contribution in [3.8, 4) is 11.3 Å². The number of sulfonamides is 1. The first-order valence-corrected chi connectivity index (χ1v) is 11.8. The lowest BCUT2D eigenvalue weighted by atomic mass is 10.1. The third kappa shape index (κ3) is 4.74. The van der Waals surface area contributed by atoms with Crippen molar-refractivity contribution in [3.05, 3.63) is 65.4 Å². The third-order valence-corrected chi connectivity index (χ3v) is 6.97. The van der Waals surface area contributed by atoms with Crippen molar-refractivity contribution in [1.29, 1.82) is 0 Å². The second kappa shape index (κ2) is 8.62. The number of anilines is 1. The summed E-state index contributed by atoms with van der Waals surface area (Å²) < 4.78 is 34.1. The Bertz CT molecular complexity index is 1110. The van der Waals surface area contributed by atoms with Crippen LogP contribution in [0.25, 0.3) is 11.3 Å². The molecule has 1 aliphatic rings. The van der Waals surface area contributed by atoms with Gasteiger partial charge in [0, 0.05) is 23.9 Å². The summed E-state index contributed by atoms with van der Waals surface area (Å²) in [5.74, 6) is 0.547. The van der Waals surface area contributed by atoms with Gasteiger partial charge in [0.1, 0.15) is 0 Å². The van der Waals surface area contributed by atoms with Gasteiger partial charge < -0.3 is 4.52 Å². The van der Waals surface area contributed by atoms with Gasteiger partial charge in [0.2, 0.25) is 0 Å². The van der Waals surface area contributed by atoms with Crippen LogP contribution in [-0.2, 0) is 16.6 Å². The Hall–Kier alpha value is -2.64. The van der Waals surface area contributed by atoms with Crippen LogP contribution in [0.3, 0.4) is 0 Å². The Kier molecular flexibility index (Phi) is 5.92. The largest absolute Gasteiger partial charge is 0.356 e. The van der Waals surface area contributed by atoms with Crippen molar-refractivity contribution >= 4 is 15.7 Å². The summed E-state index contributed by atoms with van der Waals surface area (Å²) in [5.41, 5.74) is 3.84. The van der Waals surface area contributed by atoms with Crippen molar-refractivity contribution in [2.75, 3.05) is 17.8 Å². The summed E-state index contributed by atoms with van der Waals surface area (Å²) in [4.78, 5) is 2.68. The zero-order valence-corrected chi connectivity index (χ0v) is 18.2. The molecular formula is C23H27N3O3S. The zero-order valence-electron chi connectivity index (χ0n) is 17.4. The molecule has 1 aromatic heterocycles. The third-order valence-electron chi connectivity index (χ3n) is 5.45. The van der Waals surface area contributed by atoms with Crippen LogP contribution in [0.5, 0.6) is 0 Å². The van der Waals surface area contributed by atoms with Gasteiger partial charge in [-0.2, -0.15) is 0 Å². The van der Waals surface area contributed by atoms with Crippen LogP contribution in [0.4, 0.5) is 5.69 Å². The van der Waals surface area contributed by atoms with Gasteiger partial charge in [-0.1, -0.05) is 35.8 Å². The molecule has 0 bridgehead atoms. The fourth-order valence-corrected chi connectivity index (χ4v) is 5.14. The number of nitrogens with one attached hydrogen (secondary N) is 1. The fourth-order valence-electron chi connectivity index (χ4n) is 3.81. The molecule has 4 rings (SSSR count). The SMILES string of the molecule is Cc1cc(-c2ccc(C)c(S(=O)(=O)Nc3ccc(CN4CCCCC4)cc3)c2)on1. The maximum Gasteiger partial charge on any atom is 0.262 e. The van der Waals surface area contributed by atoms with Crippen LogP contribution in [0.2, 0.25) is 0 Å². The van der Waals surface area contributed by atoms with E-state index in [0.29, 0.717) is 22.6 Å². The summed E-state index contributed by atoms with van der Waals surface area (Å²) in [7, 11) is -3.73. The molecule has 0 aliphatic carbocycles. The van der Waals surface area contributed by atoms with Gasteiger partial charge in [-0.3, -0.25) is 9.62 Å². The van der Waals surface area contributed by atoms with Gasteiger partial charge in [0.05, 0.1) is 10.6 Å². The Morgan fingerprint density at radius 1 is 1.00 bits per heavy atom. The minimum atomic E-state index is -3.73. The number of likely N-dealkylation sites (tertiary alicyclic amines) is 1. The van der Waals surface area contributed by atoms with Crippen molar-refractivity contribution < 1.29 is 12.9 Å². The summed E-state index contributed by atoms with van der Waals surface area (Å²) >= 11 is 0. The van der Waals surface area contributed by atoms with Gasteiger partial charge >= 0.3 is 0 Å². The average molecular weight is 426 g/mol. The van der Waals surface area contributed by atoms with Gasteiger partial charge in [0.25, 0.3) is 10.0 Å². The predicted molar refractivity (Wildman–Crippen MR) is 118 cm³/mol. The number of hydrogen-bond acceptors (Lipinski definition) is 5. The molecule has 1 fully saturated rings. The highest BCUT2D eigenvalue weighted by Crippen LogP contribution is 2.27. The molecular weight excluding hydrogens is 398 g/mol. The van der Waals surface area contributed by atoms with Gasteiger partial charge in [-0.25, -0.2) is 8.42 Å². The molecule has 158 valence electrons. The Labute approximate surface area is 177 Å². The Balaban J connectivity index is 1.51. The lowest BCUT2D eigenvalue weighted by Crippen LogP contribution is -2.29. The number of aryl methyl sites for hydroxylation is 2. The van der Waals surface area contributed by atoms with E-state index < -0.39 is 10.0 Å². The van der Waals surface area contributed by atoms with Crippen LogP contribution in [0, 0.1) is 13.8 Å². The summed E-state index contributed by atoms with van der Waals surface area (Å²) in [6, 6.07) is 14.7. The van der Waals surface area contributed by atoms with Gasteiger partial charge in [-0.05, 0) is 69.1 Å². The van der Waals surface area contributed by atoms with E-state index in [1.165, 1.54) is 24.8 Å². The first-order valence-electron chi connectivity index (χ1n) is 10.3. The summed E-state index contributed by atoms with van der Waals surface area (Å²) in [6.07, 6.45) is 3.82. The lowest BCUT2D eigenvalue weighted by molar-refractivity contribution is 0.221. The Morgan fingerprint density at radius 3 is 2.40 bits per heavy atom. The van der Waals surface area contributed by atoms with Crippen molar-refractivity contribution in [2.45, 2.75) is 44.6 Å². The molecule has 0 radical (unpaired) electrons. The minimum Gasteiger partial charge on any atom is -0.356 e. The van der Waals surface area contributed by atoms with E-state index in [0.717, 1.165) is 25.3 Å². The van der Waals surface area contributed by atoms with E-state index in [2.05, 4.69) is 14.8 Å². The molecule has 2 aromatic carbocycles. The van der Waals surface area contributed by atoms with Crippen LogP contribution < -0.4 is 4.72 Å². The second-order valence-corrected chi connectivity index (χ2v) is 9.60. The maximum atomic E-state index is 13.0. The fraction of sp³-hybridized carbons (Fsp3) is 0.348. The minimum absolute atomic E-state index is 0.228. The molecule has 30 heavy (non-hydrogen) atoms. The van der Waals surface area contributed by atoms with Crippen LogP contribution >= 0.6 is 0 Å². The molecule has 1 aliphatic heterocycles. The van der Waals surface area contributed by atoms with E-state index in [1.54, 1.807) is 25.1 Å². The van der Waals surface area contributed by atoms with E-state index >= 15 is 0 Å². The molecule has 7 heteroatoms. The number of benzene rings is 2. The first-order chi connectivity index (χ1) is 14.4. The predicted octanol–water partition coefficient (Wildman–Crippen LogP) is 4.75. The highest BCUT2D eigenvalue weighted by atomic mass is 32.2. The van der Waals surface area contributed by atoms with E-state index in [4.69, 9.17) is 4.52 Å². The molecule has 6 nitrogen and oxygen atoms in total. The standard InChI is InChI=1S/C23H27N3O3S/c1-17-6-9-20(22-14-18(2)24-29-22)15-23(17)30(27,28)25-21-10-7-19(8-11-21)16-26-12-4-3-5-13-26/h6-11,14-15,25H,3-5,12-13,16H2,1-2H3. The first kappa shape index (κ1) is 20.6. The molecule has 2 heterocycles. The van der Waals surface area contributed by atoms with E-state index in [9.17, 15) is 8.42 Å². The molecule has 0 amide bonds. The quantitative estimate of drug-likeness (QED) is 0.617. The van der Waals surface area contributed by atoms with Crippen LogP contribution in [0.1, 0.15) is 36.1 Å². The number of rotatable bonds is 6. The highest BCUT2D eigenvalue weighted by molar-refractivity contribution is 7.92. The molecule has 1 N–H and O–H groups in total. The topological polar surface area (TPSA) is 75.4 Å². The second-order valence-electron chi connectivity index (χ2n) is 7.95. The number of nitrogens with zero attached hydrogens (tertiary/aromatic N) is 2. The number of hydrogen-bond donors (Lipinski definition) is 1. The van der Waals surface area contributed by atoms with E-state index in [-0.39, 0.29) is 4.90 Å². The van der Waals surface area contributed by atoms with E-state index in [1.807, 2.05) is 37.3 Å². The smallest absolute Gasteiger partial charge is 0.262 e. The molecule has 0 saturated carbocycles. The van der Waals surface area contributed by atoms with Crippen molar-refractivity contribution in [2.24, 2.45) is 0 Å². The highest BCUT2D eigenvalue weighted by Gasteiger charge is 2.19. The number of aromatic nitrogens is 1. The molecule has 0 unspecified atom stereocenters. The maximum absolute atomic E-state index is 13.0. The molecule has 3 aromatic rings. The normalized spacial score (nSPS) is 15.3. The zero-order chi connectivity index (χ0) is 21.1. The lowest BCUT2D eigenvalue weighted by Gasteiger charge is -2.26. The van der Waals surface area contributed by atoms with Crippen LogP contribution in [0.15, 0.2) is 57.9 Å². The van der Waals surface area contributed by atoms with Crippen molar-refractivity contribution in [1.82, 2.24) is 10.1 Å². The number of piperidine rings is 1. The van der Waals surface area contributed by atoms with Gasteiger partial charge in [-0.15, -0.1) is 0 Å². The average Bonchev–Trinajstić information content (AvgIpc) is 3.16. The Morgan fingerprint density at radius 2 is 1.73 bits per heavy atom. The molecule has 0 spiro atoms. The van der Waals surface area contributed by atoms with Crippen molar-refractivity contribution in [3.63, 3.8) is 0 Å². The van der Waals surface area contributed by atoms with Gasteiger partial charge in [0.15, 0.2) is 5.76 Å². The molecule has 1 saturated heterocycles. The monoisotopic (exact) mass is 425 g/mol. The summed E-state index contributed by atoms with van der Waals surface area (Å²) in [5, 5.41) is 3.88. The summed E-state index contributed by atoms with van der Waals surface area (Å²) in [6.45, 7) is 6.79.